The van der Waals surface area contributed by atoms with Crippen molar-refractivity contribution in [2.45, 2.75) is 31.9 Å². The first-order valence-corrected chi connectivity index (χ1v) is 10.5. The van der Waals surface area contributed by atoms with Crippen molar-refractivity contribution in [2.24, 2.45) is 7.05 Å². The molecule has 0 unspecified atom stereocenters. The van der Waals surface area contributed by atoms with Crippen molar-refractivity contribution in [1.82, 2.24) is 34.1 Å². The van der Waals surface area contributed by atoms with Gasteiger partial charge in [0.15, 0.2) is 11.3 Å². The number of rotatable bonds is 4. The lowest BCUT2D eigenvalue weighted by Crippen LogP contribution is -2.24. The van der Waals surface area contributed by atoms with Crippen LogP contribution in [0.4, 0.5) is 0 Å². The molecule has 1 fully saturated rings. The Morgan fingerprint density at radius 1 is 1.22 bits per heavy atom. The molecule has 5 heterocycles. The SMILES string of the molecule is Cc1cnn2ncn(Cc3nc([C@@H]4CO[C@@H](c5ccc6ccn(C)c6c5)C4)no3)c(=O)c12. The summed E-state index contributed by atoms with van der Waals surface area (Å²) in [6.45, 7) is 2.50. The molecule has 1 saturated heterocycles. The number of ether oxygens (including phenoxy) is 1. The largest absolute Gasteiger partial charge is 0.373 e. The summed E-state index contributed by atoms with van der Waals surface area (Å²) in [6.07, 6.45) is 5.86. The molecule has 10 nitrogen and oxygen atoms in total. The maximum absolute atomic E-state index is 12.7. The highest BCUT2D eigenvalue weighted by atomic mass is 16.5. The first-order valence-electron chi connectivity index (χ1n) is 10.5. The maximum atomic E-state index is 12.7. The fraction of sp³-hybridized carbons (Fsp3) is 0.318. The van der Waals surface area contributed by atoms with Gasteiger partial charge < -0.3 is 13.8 Å². The number of hydrogen-bond donors (Lipinski definition) is 0. The first kappa shape index (κ1) is 18.9. The van der Waals surface area contributed by atoms with Crippen LogP contribution in [0.5, 0.6) is 0 Å². The Bertz CT molecular complexity index is 1510. The summed E-state index contributed by atoms with van der Waals surface area (Å²) in [7, 11) is 2.04. The summed E-state index contributed by atoms with van der Waals surface area (Å²) < 4.78 is 16.4. The van der Waals surface area contributed by atoms with E-state index in [4.69, 9.17) is 9.26 Å². The summed E-state index contributed by atoms with van der Waals surface area (Å²) in [5.74, 6) is 1.00. The van der Waals surface area contributed by atoms with Crippen LogP contribution in [0.1, 0.15) is 41.3 Å². The fourth-order valence-corrected chi connectivity index (χ4v) is 4.33. The Hall–Kier alpha value is -3.79. The highest BCUT2D eigenvalue weighted by Gasteiger charge is 2.31. The van der Waals surface area contributed by atoms with Gasteiger partial charge in [0.1, 0.15) is 12.9 Å². The standard InChI is InChI=1S/C22H21N7O3/c1-13-9-23-29-20(13)22(30)28(12-24-29)10-19-25-21(26-32-19)16-8-18(31-11-16)15-4-3-14-5-6-27(2)17(14)7-15/h3-7,9,12,16,18H,8,10-11H2,1-2H3/t16-,18+/m0/s1. The van der Waals surface area contributed by atoms with Crippen LogP contribution in [-0.2, 0) is 18.3 Å². The third-order valence-electron chi connectivity index (χ3n) is 6.13. The molecule has 1 aliphatic heterocycles. The minimum Gasteiger partial charge on any atom is -0.373 e. The second kappa shape index (κ2) is 7.13. The molecule has 162 valence electrons. The zero-order chi connectivity index (χ0) is 21.8. The maximum Gasteiger partial charge on any atom is 0.280 e. The van der Waals surface area contributed by atoms with Crippen LogP contribution in [0.15, 0.2) is 52.3 Å². The Kier molecular flexibility index (Phi) is 4.22. The minimum atomic E-state index is -0.199. The molecule has 0 radical (unpaired) electrons. The zero-order valence-electron chi connectivity index (χ0n) is 17.7. The highest BCUT2D eigenvalue weighted by molar-refractivity contribution is 5.80. The molecule has 0 saturated carbocycles. The van der Waals surface area contributed by atoms with Crippen LogP contribution < -0.4 is 5.56 Å². The van der Waals surface area contributed by atoms with Gasteiger partial charge in [-0.2, -0.15) is 10.1 Å². The molecule has 2 atom stereocenters. The van der Waals surface area contributed by atoms with Gasteiger partial charge in [-0.15, -0.1) is 9.73 Å². The van der Waals surface area contributed by atoms with Crippen molar-refractivity contribution < 1.29 is 9.26 Å². The lowest BCUT2D eigenvalue weighted by molar-refractivity contribution is 0.110. The van der Waals surface area contributed by atoms with E-state index in [1.165, 1.54) is 26.4 Å². The van der Waals surface area contributed by atoms with Crippen LogP contribution in [-0.4, -0.2) is 40.7 Å². The minimum absolute atomic E-state index is 0.0136. The summed E-state index contributed by atoms with van der Waals surface area (Å²) >= 11 is 0. The van der Waals surface area contributed by atoms with E-state index in [0.717, 1.165) is 17.5 Å². The van der Waals surface area contributed by atoms with Crippen LogP contribution in [0.25, 0.3) is 16.4 Å². The average molecular weight is 431 g/mol. The molecule has 32 heavy (non-hydrogen) atoms. The van der Waals surface area contributed by atoms with E-state index in [-0.39, 0.29) is 24.1 Å². The summed E-state index contributed by atoms with van der Waals surface area (Å²) in [6, 6.07) is 8.52. The molecule has 1 aliphatic rings. The average Bonchev–Trinajstić information content (AvgIpc) is 3.58. The number of fused-ring (bicyclic) bond motifs is 2. The number of aryl methyl sites for hydroxylation is 2. The molecule has 6 rings (SSSR count). The van der Waals surface area contributed by atoms with E-state index in [2.05, 4.69) is 55.4 Å². The van der Waals surface area contributed by atoms with Gasteiger partial charge in [-0.1, -0.05) is 17.3 Å². The Labute approximate surface area is 182 Å². The molecule has 5 aromatic rings. The predicted octanol–water partition coefficient (Wildman–Crippen LogP) is 2.37. The third-order valence-corrected chi connectivity index (χ3v) is 6.13. The lowest BCUT2D eigenvalue weighted by atomic mass is 9.99. The second-order valence-electron chi connectivity index (χ2n) is 8.28. The summed E-state index contributed by atoms with van der Waals surface area (Å²) in [5, 5.41) is 13.6. The number of nitrogens with zero attached hydrogens (tertiary/aromatic N) is 7. The van der Waals surface area contributed by atoms with Crippen molar-refractivity contribution in [2.75, 3.05) is 6.61 Å². The number of benzene rings is 1. The van der Waals surface area contributed by atoms with Crippen LogP contribution in [0.2, 0.25) is 0 Å². The molecule has 10 heteroatoms. The normalized spacial score (nSPS) is 18.8. The molecule has 0 bridgehead atoms. The quantitative estimate of drug-likeness (QED) is 0.430. The lowest BCUT2D eigenvalue weighted by Gasteiger charge is -2.10. The van der Waals surface area contributed by atoms with Crippen molar-refractivity contribution in [3.8, 4) is 0 Å². The molecule has 0 N–H and O–H groups in total. The molecule has 1 aromatic carbocycles. The van der Waals surface area contributed by atoms with Gasteiger partial charge in [-0.25, -0.2) is 0 Å². The smallest absolute Gasteiger partial charge is 0.280 e. The Morgan fingerprint density at radius 2 is 2.12 bits per heavy atom. The molecule has 0 spiro atoms. The van der Waals surface area contributed by atoms with E-state index in [9.17, 15) is 4.79 Å². The topological polar surface area (TPSA) is 105 Å². The molecule has 4 aromatic heterocycles. The van der Waals surface area contributed by atoms with Gasteiger partial charge in [0.05, 0.1) is 18.9 Å². The van der Waals surface area contributed by atoms with Crippen LogP contribution in [0.3, 0.4) is 0 Å². The van der Waals surface area contributed by atoms with Crippen molar-refractivity contribution in [3.63, 3.8) is 0 Å². The molecule has 0 aliphatic carbocycles. The van der Waals surface area contributed by atoms with Gasteiger partial charge in [0.25, 0.3) is 5.56 Å². The summed E-state index contributed by atoms with van der Waals surface area (Å²) in [4.78, 5) is 17.3. The Morgan fingerprint density at radius 3 is 3.03 bits per heavy atom. The van der Waals surface area contributed by atoms with E-state index in [1.54, 1.807) is 6.20 Å². The zero-order valence-corrected chi connectivity index (χ0v) is 17.7. The highest BCUT2D eigenvalue weighted by Crippen LogP contribution is 2.38. The van der Waals surface area contributed by atoms with Gasteiger partial charge in [0.2, 0.25) is 5.89 Å². The van der Waals surface area contributed by atoms with Crippen molar-refractivity contribution >= 4 is 16.4 Å². The van der Waals surface area contributed by atoms with Crippen LogP contribution >= 0.6 is 0 Å². The predicted molar refractivity (Wildman–Crippen MR) is 114 cm³/mol. The van der Waals surface area contributed by atoms with Crippen molar-refractivity contribution in [1.29, 1.82) is 0 Å². The number of hydrogen-bond acceptors (Lipinski definition) is 7. The second-order valence-corrected chi connectivity index (χ2v) is 8.28. The van der Waals surface area contributed by atoms with Crippen LogP contribution in [0, 0.1) is 6.92 Å². The van der Waals surface area contributed by atoms with Crippen molar-refractivity contribution in [3.05, 3.63) is 76.2 Å². The van der Waals surface area contributed by atoms with Gasteiger partial charge in [-0.3, -0.25) is 9.36 Å². The molecule has 0 amide bonds. The molecular weight excluding hydrogens is 410 g/mol. The Balaban J connectivity index is 1.20. The molecular formula is C22H21N7O3. The van der Waals surface area contributed by atoms with E-state index < -0.39 is 0 Å². The first-order chi connectivity index (χ1) is 15.6. The number of aromatic nitrogens is 7. The summed E-state index contributed by atoms with van der Waals surface area (Å²) in [5.41, 5.74) is 3.34. The van der Waals surface area contributed by atoms with E-state index >= 15 is 0 Å². The van der Waals surface area contributed by atoms with E-state index in [0.29, 0.717) is 23.8 Å². The monoisotopic (exact) mass is 431 g/mol. The third kappa shape index (κ3) is 3.02. The van der Waals surface area contributed by atoms with Gasteiger partial charge >= 0.3 is 0 Å². The van der Waals surface area contributed by atoms with E-state index in [1.807, 2.05) is 14.0 Å². The van der Waals surface area contributed by atoms with Gasteiger partial charge in [0, 0.05) is 30.2 Å². The fourth-order valence-electron chi connectivity index (χ4n) is 4.33. The van der Waals surface area contributed by atoms with Gasteiger partial charge in [-0.05, 0) is 36.4 Å².